The third-order valence-corrected chi connectivity index (χ3v) is 0.498. The topological polar surface area (TPSA) is 69.1 Å². The second kappa shape index (κ2) is 37.5. The van der Waals surface area contributed by atoms with Gasteiger partial charge in [-0.25, -0.2) is 0 Å². The minimum Gasteiger partial charge on any atom is -0.563 e. The fraction of sp³-hybridized carbons (Fsp3) is 0.500. The molecule has 3 N–H and O–H groups in total. The van der Waals surface area contributed by atoms with E-state index in [2.05, 4.69) is 26.1 Å². The van der Waals surface area contributed by atoms with Gasteiger partial charge >= 0.3 is 5.97 Å². The largest absolute Gasteiger partial charge is 0.563 e. The summed E-state index contributed by atoms with van der Waals surface area (Å²) in [6.45, 7) is 16.1. The average molecular weight is 278 g/mol. The minimum atomic E-state index is -0.778. The Bertz CT molecular complexity index is 105. The van der Waals surface area contributed by atoms with Crippen molar-refractivity contribution in [3.63, 3.8) is 0 Å². The molecular formula is C10H23GeNO3-2. The van der Waals surface area contributed by atoms with Crippen molar-refractivity contribution >= 4 is 29.5 Å². The number of rotatable bonds is 2. The molecule has 0 unspecified atom stereocenters. The van der Waals surface area contributed by atoms with E-state index in [1.807, 2.05) is 0 Å². The van der Waals surface area contributed by atoms with Crippen molar-refractivity contribution in [3.8, 4) is 0 Å². The summed E-state index contributed by atoms with van der Waals surface area (Å²) in [7, 11) is 0. The first-order valence-corrected chi connectivity index (χ1v) is 4.24. The molecule has 0 saturated heterocycles. The van der Waals surface area contributed by atoms with Gasteiger partial charge in [-0.05, 0) is 0 Å². The summed E-state index contributed by atoms with van der Waals surface area (Å²) in [5, 5.41) is 8.49. The molecule has 0 rings (SSSR count). The Balaban J connectivity index is -0.0000000410. The third-order valence-electron chi connectivity index (χ3n) is 0.498. The summed E-state index contributed by atoms with van der Waals surface area (Å²) >= 11 is 0. The SMILES string of the molecule is CC(=O)NCC(=O)[OH2+].[CH2-]C.[CH2-]C.[CH2-]C.[Ge]. The standard InChI is InChI=1S/C4H7NO3.3C2H5.Ge/c1-3(6)5-2-4(7)8;3*1-2;/h2H2,1H3,(H,5,6)(H,7,8);3*1H2,2H3;/q;3*-1;/p+1. The van der Waals surface area contributed by atoms with Gasteiger partial charge in [-0.3, -0.25) is 4.79 Å². The van der Waals surface area contributed by atoms with Crippen LogP contribution in [-0.2, 0) is 9.59 Å². The van der Waals surface area contributed by atoms with E-state index in [4.69, 9.17) is 5.11 Å². The Labute approximate surface area is 105 Å². The minimum absolute atomic E-state index is 0. The molecule has 0 aromatic heterocycles. The van der Waals surface area contributed by atoms with Crippen LogP contribution in [0.2, 0.25) is 0 Å². The van der Waals surface area contributed by atoms with Gasteiger partial charge in [-0.15, -0.1) is 0 Å². The summed E-state index contributed by atoms with van der Waals surface area (Å²) < 4.78 is 0. The molecule has 0 aromatic rings. The van der Waals surface area contributed by atoms with E-state index in [1.165, 1.54) is 6.92 Å². The molecule has 0 atom stereocenters. The molecule has 0 spiro atoms. The molecule has 4 nitrogen and oxygen atoms in total. The number of amides is 1. The second-order valence-electron chi connectivity index (χ2n) is 1.33. The van der Waals surface area contributed by atoms with Gasteiger partial charge in [0.05, 0.1) is 0 Å². The predicted molar refractivity (Wildman–Crippen MR) is 66.2 cm³/mol. The average Bonchev–Trinajstić information content (AvgIpc) is 2.24. The molecule has 0 heterocycles. The Kier molecular flexibility index (Phi) is 73.2. The van der Waals surface area contributed by atoms with Crippen LogP contribution in [0.15, 0.2) is 0 Å². The Morgan fingerprint density at radius 1 is 1.07 bits per heavy atom. The molecule has 1 amide bonds. The Morgan fingerprint density at radius 2 is 1.33 bits per heavy atom. The molecule has 5 heteroatoms. The van der Waals surface area contributed by atoms with Gasteiger partial charge in [0.15, 0.2) is 6.54 Å². The number of hydrogen-bond donors (Lipinski definition) is 1. The molecule has 0 fully saturated rings. The Hall–Kier alpha value is -0.517. The molecule has 15 heavy (non-hydrogen) atoms. The van der Waals surface area contributed by atoms with E-state index in [0.29, 0.717) is 0 Å². The van der Waals surface area contributed by atoms with Crippen molar-refractivity contribution in [1.29, 1.82) is 0 Å². The normalized spacial score (nSPS) is 5.53. The van der Waals surface area contributed by atoms with Crippen molar-refractivity contribution in [1.82, 2.24) is 5.32 Å². The first-order chi connectivity index (χ1) is 6.63. The van der Waals surface area contributed by atoms with Crippen molar-refractivity contribution in [2.45, 2.75) is 27.7 Å². The first kappa shape index (κ1) is 29.3. The molecule has 92 valence electrons. The van der Waals surface area contributed by atoms with Crippen molar-refractivity contribution in [2.75, 3.05) is 6.54 Å². The number of carbonyl (C=O) groups is 2. The van der Waals surface area contributed by atoms with Crippen LogP contribution in [0.25, 0.3) is 0 Å². The van der Waals surface area contributed by atoms with Crippen LogP contribution in [0.3, 0.4) is 0 Å². The van der Waals surface area contributed by atoms with Gasteiger partial charge in [-0.2, -0.15) is 20.8 Å². The maximum absolute atomic E-state index is 10.0. The third kappa shape index (κ3) is 88.5. The van der Waals surface area contributed by atoms with Crippen LogP contribution in [-0.4, -0.2) is 41.1 Å². The van der Waals surface area contributed by atoms with E-state index in [-0.39, 0.29) is 30.0 Å². The molecule has 0 saturated carbocycles. The fourth-order valence-electron chi connectivity index (χ4n) is 0.205. The maximum atomic E-state index is 10.0. The van der Waals surface area contributed by atoms with Gasteiger partial charge < -0.3 is 31.2 Å². The molecule has 0 aromatic carbocycles. The van der Waals surface area contributed by atoms with Crippen LogP contribution in [0.4, 0.5) is 0 Å². The summed E-state index contributed by atoms with van der Waals surface area (Å²) in [5.41, 5.74) is 0. The monoisotopic (exact) mass is 279 g/mol. The fourth-order valence-corrected chi connectivity index (χ4v) is 0.205. The zero-order chi connectivity index (χ0) is 12.6. The second-order valence-corrected chi connectivity index (χ2v) is 1.33. The van der Waals surface area contributed by atoms with Crippen molar-refractivity contribution in [3.05, 3.63) is 20.8 Å². The van der Waals surface area contributed by atoms with E-state index in [1.54, 1.807) is 20.8 Å². The van der Waals surface area contributed by atoms with Crippen molar-refractivity contribution in [2.24, 2.45) is 0 Å². The summed E-state index contributed by atoms with van der Waals surface area (Å²) in [4.78, 5) is 19.8. The van der Waals surface area contributed by atoms with Gasteiger partial charge in [0.1, 0.15) is 0 Å². The number of nitrogens with one attached hydrogen (secondary N) is 1. The van der Waals surface area contributed by atoms with Gasteiger partial charge in [-0.1, -0.05) is 0 Å². The molecular weight excluding hydrogens is 255 g/mol. The van der Waals surface area contributed by atoms with E-state index >= 15 is 0 Å². The van der Waals surface area contributed by atoms with Crippen molar-refractivity contribution < 1.29 is 14.7 Å². The van der Waals surface area contributed by atoms with Crippen LogP contribution < -0.4 is 5.32 Å². The van der Waals surface area contributed by atoms with Crippen LogP contribution in [0, 0.1) is 20.8 Å². The van der Waals surface area contributed by atoms with Crippen LogP contribution in [0.5, 0.6) is 0 Å². The first-order valence-electron chi connectivity index (χ1n) is 4.24. The summed E-state index contributed by atoms with van der Waals surface area (Å²) in [6.07, 6.45) is 0. The van der Waals surface area contributed by atoms with E-state index in [9.17, 15) is 9.59 Å². The van der Waals surface area contributed by atoms with Gasteiger partial charge in [0.25, 0.3) is 0 Å². The number of hydrogen-bond acceptors (Lipinski definition) is 2. The summed E-state index contributed by atoms with van der Waals surface area (Å²) in [6, 6.07) is 0. The molecule has 0 aliphatic carbocycles. The quantitative estimate of drug-likeness (QED) is 0.454. The predicted octanol–water partition coefficient (Wildman–Crippen LogP) is 0.514. The van der Waals surface area contributed by atoms with E-state index in [0.717, 1.165) is 0 Å². The maximum Gasteiger partial charge on any atom is 0.535 e. The van der Waals surface area contributed by atoms with Crippen LogP contribution in [0.1, 0.15) is 27.7 Å². The molecule has 0 aliphatic rings. The summed E-state index contributed by atoms with van der Waals surface area (Å²) in [5.74, 6) is -1.06. The van der Waals surface area contributed by atoms with Gasteiger partial charge in [0, 0.05) is 29.3 Å². The molecule has 4 radical (unpaired) electrons. The molecule has 0 bridgehead atoms. The van der Waals surface area contributed by atoms with Crippen LogP contribution >= 0.6 is 0 Å². The number of carbonyl (C=O) groups excluding carboxylic acids is 2. The van der Waals surface area contributed by atoms with Gasteiger partial charge in [0.2, 0.25) is 5.91 Å². The smallest absolute Gasteiger partial charge is 0.535 e. The Morgan fingerprint density at radius 3 is 1.40 bits per heavy atom. The zero-order valence-electron chi connectivity index (χ0n) is 10.1. The van der Waals surface area contributed by atoms with E-state index < -0.39 is 5.97 Å². The molecule has 0 aliphatic heterocycles. The zero-order valence-corrected chi connectivity index (χ0v) is 12.2.